The van der Waals surface area contributed by atoms with E-state index in [4.69, 9.17) is 10.3 Å². The Morgan fingerprint density at radius 1 is 1.67 bits per heavy atom. The number of aromatic nitrogens is 2. The maximum atomic E-state index is 5.27. The van der Waals surface area contributed by atoms with E-state index in [2.05, 4.69) is 29.3 Å². The van der Waals surface area contributed by atoms with E-state index in [1.807, 2.05) is 0 Å². The van der Waals surface area contributed by atoms with Crippen molar-refractivity contribution in [3.05, 3.63) is 5.89 Å². The molecule has 0 saturated heterocycles. The van der Waals surface area contributed by atoms with Crippen molar-refractivity contribution in [2.75, 3.05) is 5.73 Å². The van der Waals surface area contributed by atoms with Gasteiger partial charge in [-0.05, 0) is 18.5 Å². The van der Waals surface area contributed by atoms with E-state index in [9.17, 15) is 0 Å². The van der Waals surface area contributed by atoms with Gasteiger partial charge < -0.3 is 15.6 Å². The monoisotopic (exact) mass is 170 g/mol. The highest BCUT2D eigenvalue weighted by atomic mass is 16.5. The average Bonchev–Trinajstić information content (AvgIpc) is 2.47. The second-order valence-electron chi connectivity index (χ2n) is 2.74. The Hall–Kier alpha value is -1.10. The molecule has 0 bridgehead atoms. The van der Waals surface area contributed by atoms with Gasteiger partial charge >= 0.3 is 0 Å². The Kier molecular flexibility index (Phi) is 3.04. The molecule has 0 aromatic carbocycles. The summed E-state index contributed by atoms with van der Waals surface area (Å²) in [6, 6.07) is 0.457. The van der Waals surface area contributed by atoms with Crippen LogP contribution in [0.5, 0.6) is 0 Å². The van der Waals surface area contributed by atoms with Crippen molar-refractivity contribution in [3.8, 4) is 0 Å². The first-order valence-corrected chi connectivity index (χ1v) is 4.03. The summed E-state index contributed by atoms with van der Waals surface area (Å²) in [7, 11) is 0. The van der Waals surface area contributed by atoms with E-state index in [1.54, 1.807) is 0 Å². The number of nitrogens with two attached hydrogens (primary N) is 1. The summed E-state index contributed by atoms with van der Waals surface area (Å²) in [6.07, 6.45) is 1.07. The molecule has 3 N–H and O–H groups in total. The lowest BCUT2D eigenvalue weighted by Crippen LogP contribution is -2.24. The first-order valence-electron chi connectivity index (χ1n) is 4.03. The maximum absolute atomic E-state index is 5.27. The zero-order chi connectivity index (χ0) is 8.97. The predicted molar refractivity (Wildman–Crippen MR) is 45.3 cm³/mol. The van der Waals surface area contributed by atoms with E-state index in [0.29, 0.717) is 18.5 Å². The quantitative estimate of drug-likeness (QED) is 0.689. The summed E-state index contributed by atoms with van der Waals surface area (Å²) in [4.78, 5) is 3.85. The van der Waals surface area contributed by atoms with Crippen molar-refractivity contribution in [3.63, 3.8) is 0 Å². The molecule has 0 amide bonds. The van der Waals surface area contributed by atoms with Crippen LogP contribution >= 0.6 is 0 Å². The number of hydrogen-bond acceptors (Lipinski definition) is 5. The third-order valence-electron chi connectivity index (χ3n) is 1.70. The van der Waals surface area contributed by atoms with Crippen LogP contribution in [0, 0.1) is 0 Å². The van der Waals surface area contributed by atoms with Crippen LogP contribution in [0.1, 0.15) is 26.2 Å². The normalized spacial score (nSPS) is 13.2. The molecule has 0 saturated carbocycles. The van der Waals surface area contributed by atoms with Gasteiger partial charge in [0.1, 0.15) is 0 Å². The molecule has 1 unspecified atom stereocenters. The molecule has 0 fully saturated rings. The molecule has 1 aromatic heterocycles. The fourth-order valence-electron chi connectivity index (χ4n) is 0.746. The summed E-state index contributed by atoms with van der Waals surface area (Å²) in [5.74, 6) is 0.726. The highest BCUT2D eigenvalue weighted by Gasteiger charge is 2.03. The SMILES string of the molecule is CCC(C)NCc1nc(N)no1. The Morgan fingerprint density at radius 2 is 2.42 bits per heavy atom. The average molecular weight is 170 g/mol. The Balaban J connectivity index is 2.33. The topological polar surface area (TPSA) is 77.0 Å². The van der Waals surface area contributed by atoms with Crippen LogP contribution in [0.4, 0.5) is 5.95 Å². The summed E-state index contributed by atoms with van der Waals surface area (Å²) in [6.45, 7) is 4.79. The summed E-state index contributed by atoms with van der Waals surface area (Å²) >= 11 is 0. The van der Waals surface area contributed by atoms with Gasteiger partial charge in [-0.3, -0.25) is 0 Å². The maximum Gasteiger partial charge on any atom is 0.260 e. The summed E-state index contributed by atoms with van der Waals surface area (Å²) in [5, 5.41) is 6.68. The Morgan fingerprint density at radius 3 is 2.92 bits per heavy atom. The lowest BCUT2D eigenvalue weighted by Gasteiger charge is -2.07. The first-order chi connectivity index (χ1) is 5.72. The molecule has 5 nitrogen and oxygen atoms in total. The lowest BCUT2D eigenvalue weighted by molar-refractivity contribution is 0.358. The number of anilines is 1. The number of hydrogen-bond donors (Lipinski definition) is 2. The van der Waals surface area contributed by atoms with E-state index >= 15 is 0 Å². The van der Waals surface area contributed by atoms with Gasteiger partial charge in [-0.15, -0.1) is 0 Å². The molecule has 1 heterocycles. The van der Waals surface area contributed by atoms with Gasteiger partial charge in [0.25, 0.3) is 5.95 Å². The molecule has 1 rings (SSSR count). The van der Waals surface area contributed by atoms with Gasteiger partial charge in [-0.1, -0.05) is 6.92 Å². The second-order valence-corrected chi connectivity index (χ2v) is 2.74. The molecule has 1 aromatic rings. The Labute approximate surface area is 71.3 Å². The molecule has 0 aliphatic rings. The van der Waals surface area contributed by atoms with Gasteiger partial charge in [0.15, 0.2) is 0 Å². The van der Waals surface area contributed by atoms with Crippen molar-refractivity contribution in [1.29, 1.82) is 0 Å². The Bertz CT molecular complexity index is 235. The van der Waals surface area contributed by atoms with Crippen LogP contribution in [0.15, 0.2) is 4.52 Å². The largest absolute Gasteiger partial charge is 0.365 e. The van der Waals surface area contributed by atoms with Crippen molar-refractivity contribution in [2.24, 2.45) is 0 Å². The minimum Gasteiger partial charge on any atom is -0.365 e. The predicted octanol–water partition coefficient (Wildman–Crippen LogP) is 0.540. The lowest BCUT2D eigenvalue weighted by atomic mass is 10.3. The van der Waals surface area contributed by atoms with Gasteiger partial charge in [0, 0.05) is 6.04 Å². The number of nitrogens with zero attached hydrogens (tertiary/aromatic N) is 2. The molecular formula is C7H14N4O. The van der Waals surface area contributed by atoms with E-state index in [1.165, 1.54) is 0 Å². The number of nitrogen functional groups attached to an aromatic ring is 1. The zero-order valence-corrected chi connectivity index (χ0v) is 7.37. The minimum atomic E-state index is 0.191. The van der Waals surface area contributed by atoms with E-state index < -0.39 is 0 Å². The van der Waals surface area contributed by atoms with Crippen LogP contribution in [-0.2, 0) is 6.54 Å². The zero-order valence-electron chi connectivity index (χ0n) is 7.37. The summed E-state index contributed by atoms with van der Waals surface area (Å²) < 4.78 is 4.81. The van der Waals surface area contributed by atoms with Crippen LogP contribution < -0.4 is 11.1 Å². The molecule has 12 heavy (non-hydrogen) atoms. The molecule has 5 heteroatoms. The molecular weight excluding hydrogens is 156 g/mol. The smallest absolute Gasteiger partial charge is 0.260 e. The van der Waals surface area contributed by atoms with Crippen LogP contribution in [-0.4, -0.2) is 16.2 Å². The molecule has 0 aliphatic heterocycles. The van der Waals surface area contributed by atoms with Gasteiger partial charge in [-0.2, -0.15) is 4.98 Å². The van der Waals surface area contributed by atoms with Crippen molar-refractivity contribution >= 4 is 5.95 Å². The van der Waals surface area contributed by atoms with Crippen LogP contribution in [0.25, 0.3) is 0 Å². The molecule has 0 radical (unpaired) electrons. The fourth-order valence-corrected chi connectivity index (χ4v) is 0.746. The fraction of sp³-hybridized carbons (Fsp3) is 0.714. The van der Waals surface area contributed by atoms with E-state index in [0.717, 1.165) is 6.42 Å². The third kappa shape index (κ3) is 2.50. The standard InChI is InChI=1S/C7H14N4O/c1-3-5(2)9-4-6-10-7(8)11-12-6/h5,9H,3-4H2,1-2H3,(H2,8,11). The molecule has 68 valence electrons. The second kappa shape index (κ2) is 4.06. The number of rotatable bonds is 4. The highest BCUT2D eigenvalue weighted by Crippen LogP contribution is 1.98. The van der Waals surface area contributed by atoms with Crippen molar-refractivity contribution in [1.82, 2.24) is 15.5 Å². The van der Waals surface area contributed by atoms with Crippen molar-refractivity contribution < 1.29 is 4.52 Å². The molecule has 0 aliphatic carbocycles. The molecule has 1 atom stereocenters. The van der Waals surface area contributed by atoms with Crippen LogP contribution in [0.2, 0.25) is 0 Å². The van der Waals surface area contributed by atoms with Gasteiger partial charge in [0.05, 0.1) is 6.54 Å². The third-order valence-corrected chi connectivity index (χ3v) is 1.70. The summed E-state index contributed by atoms with van der Waals surface area (Å²) in [5.41, 5.74) is 5.27. The van der Waals surface area contributed by atoms with Crippen LogP contribution in [0.3, 0.4) is 0 Å². The number of nitrogens with one attached hydrogen (secondary N) is 1. The first kappa shape index (κ1) is 8.99. The van der Waals surface area contributed by atoms with E-state index in [-0.39, 0.29) is 5.95 Å². The van der Waals surface area contributed by atoms with Gasteiger partial charge in [-0.25, -0.2) is 0 Å². The molecule has 0 spiro atoms. The highest BCUT2D eigenvalue weighted by molar-refractivity contribution is 5.10. The van der Waals surface area contributed by atoms with Gasteiger partial charge in [0.2, 0.25) is 5.89 Å². The van der Waals surface area contributed by atoms with Crippen molar-refractivity contribution in [2.45, 2.75) is 32.9 Å². The minimum absolute atomic E-state index is 0.191.